The molecule has 0 radical (unpaired) electrons. The van der Waals surface area contributed by atoms with Crippen molar-refractivity contribution in [3.63, 3.8) is 0 Å². The molecule has 2 aromatic rings. The highest BCUT2D eigenvalue weighted by atomic mass is 19.3. The molecule has 0 bridgehead atoms. The molecule has 5 nitrogen and oxygen atoms in total. The average Bonchev–Trinajstić information content (AvgIpc) is 2.69. The van der Waals surface area contributed by atoms with Crippen molar-refractivity contribution in [2.45, 2.75) is 26.9 Å². The van der Waals surface area contributed by atoms with Gasteiger partial charge in [0.1, 0.15) is 5.75 Å². The van der Waals surface area contributed by atoms with Crippen LogP contribution in [0.4, 0.5) is 8.78 Å². The van der Waals surface area contributed by atoms with Gasteiger partial charge in [0, 0.05) is 12.6 Å². The van der Waals surface area contributed by atoms with Crippen LogP contribution in [0.3, 0.4) is 0 Å². The summed E-state index contributed by atoms with van der Waals surface area (Å²) in [6.07, 6.45) is 3.72. The second-order valence-electron chi connectivity index (χ2n) is 5.97. The standard InChI is InChI=1S/C22H25F2NO4/c1-3-27-19-11-7-17(15-20(19)28-4-2)8-12-21(26)25-14-13-16-5-9-18(10-6-16)29-22(23)24/h5-12,15,22H,3-4,13-14H2,1-2H3,(H,25,26)/b12-8+. The molecule has 0 atom stereocenters. The Kier molecular flexibility index (Phi) is 8.95. The first kappa shape index (κ1) is 22.2. The summed E-state index contributed by atoms with van der Waals surface area (Å²) in [4.78, 5) is 12.0. The highest BCUT2D eigenvalue weighted by molar-refractivity contribution is 5.91. The zero-order valence-corrected chi connectivity index (χ0v) is 16.5. The van der Waals surface area contributed by atoms with Crippen LogP contribution in [-0.4, -0.2) is 32.3 Å². The van der Waals surface area contributed by atoms with E-state index in [2.05, 4.69) is 10.1 Å². The van der Waals surface area contributed by atoms with Crippen LogP contribution in [0.15, 0.2) is 48.5 Å². The van der Waals surface area contributed by atoms with E-state index in [0.29, 0.717) is 37.7 Å². The molecule has 0 heterocycles. The molecule has 0 aliphatic rings. The van der Waals surface area contributed by atoms with E-state index in [0.717, 1.165) is 11.1 Å². The lowest BCUT2D eigenvalue weighted by Gasteiger charge is -2.11. The molecule has 0 aliphatic carbocycles. The van der Waals surface area contributed by atoms with E-state index in [1.165, 1.54) is 18.2 Å². The SMILES string of the molecule is CCOc1ccc(/C=C/C(=O)NCCc2ccc(OC(F)F)cc2)cc1OCC. The molecule has 0 saturated carbocycles. The predicted octanol–water partition coefficient (Wildman–Crippen LogP) is 4.46. The summed E-state index contributed by atoms with van der Waals surface area (Å²) in [5, 5.41) is 2.79. The number of benzene rings is 2. The quantitative estimate of drug-likeness (QED) is 0.561. The first-order valence-corrected chi connectivity index (χ1v) is 9.41. The van der Waals surface area contributed by atoms with E-state index in [9.17, 15) is 13.6 Å². The Balaban J connectivity index is 1.84. The molecule has 0 aromatic heterocycles. The smallest absolute Gasteiger partial charge is 0.387 e. The van der Waals surface area contributed by atoms with Gasteiger partial charge in [-0.3, -0.25) is 4.79 Å². The minimum Gasteiger partial charge on any atom is -0.490 e. The molecule has 2 aromatic carbocycles. The number of ether oxygens (including phenoxy) is 3. The lowest BCUT2D eigenvalue weighted by Crippen LogP contribution is -2.23. The summed E-state index contributed by atoms with van der Waals surface area (Å²) >= 11 is 0. The molecule has 156 valence electrons. The highest BCUT2D eigenvalue weighted by Crippen LogP contribution is 2.29. The number of rotatable bonds is 11. The van der Waals surface area contributed by atoms with Crippen LogP contribution in [0.25, 0.3) is 6.08 Å². The van der Waals surface area contributed by atoms with Crippen LogP contribution in [0, 0.1) is 0 Å². The number of hydrogen-bond donors (Lipinski definition) is 1. The van der Waals surface area contributed by atoms with Crippen molar-refractivity contribution < 1.29 is 27.8 Å². The number of carbonyl (C=O) groups is 1. The highest BCUT2D eigenvalue weighted by Gasteiger charge is 2.06. The van der Waals surface area contributed by atoms with E-state index >= 15 is 0 Å². The van der Waals surface area contributed by atoms with Crippen LogP contribution in [-0.2, 0) is 11.2 Å². The number of hydrogen-bond acceptors (Lipinski definition) is 4. The number of halogens is 2. The molecule has 7 heteroatoms. The Labute approximate surface area is 169 Å². The van der Waals surface area contributed by atoms with Crippen molar-refractivity contribution in [1.29, 1.82) is 0 Å². The van der Waals surface area contributed by atoms with Gasteiger partial charge in [-0.05, 0) is 61.7 Å². The van der Waals surface area contributed by atoms with Crippen molar-refractivity contribution in [2.75, 3.05) is 19.8 Å². The lowest BCUT2D eigenvalue weighted by atomic mass is 10.1. The third-order valence-corrected chi connectivity index (χ3v) is 3.86. The predicted molar refractivity (Wildman–Crippen MR) is 108 cm³/mol. The molecule has 1 amide bonds. The molecular weight excluding hydrogens is 380 g/mol. The van der Waals surface area contributed by atoms with Crippen LogP contribution in [0.2, 0.25) is 0 Å². The maximum absolute atomic E-state index is 12.1. The molecule has 2 rings (SSSR count). The van der Waals surface area contributed by atoms with E-state index in [1.807, 2.05) is 32.0 Å². The molecular formula is C22H25F2NO4. The minimum absolute atomic E-state index is 0.109. The first-order chi connectivity index (χ1) is 14.0. The maximum atomic E-state index is 12.1. The number of carbonyl (C=O) groups excluding carboxylic acids is 1. The van der Waals surface area contributed by atoms with Gasteiger partial charge in [0.15, 0.2) is 11.5 Å². The largest absolute Gasteiger partial charge is 0.490 e. The van der Waals surface area contributed by atoms with E-state index in [4.69, 9.17) is 9.47 Å². The third kappa shape index (κ3) is 7.81. The molecule has 0 spiro atoms. The molecule has 0 aliphatic heterocycles. The first-order valence-electron chi connectivity index (χ1n) is 9.41. The zero-order chi connectivity index (χ0) is 21.1. The van der Waals surface area contributed by atoms with E-state index in [-0.39, 0.29) is 11.7 Å². The molecule has 0 unspecified atom stereocenters. The Morgan fingerprint density at radius 1 is 1.03 bits per heavy atom. The Hall–Kier alpha value is -3.09. The third-order valence-electron chi connectivity index (χ3n) is 3.86. The van der Waals surface area contributed by atoms with Crippen LogP contribution in [0.5, 0.6) is 17.2 Å². The van der Waals surface area contributed by atoms with Gasteiger partial charge in [-0.2, -0.15) is 8.78 Å². The summed E-state index contributed by atoms with van der Waals surface area (Å²) in [5.74, 6) is 1.18. The maximum Gasteiger partial charge on any atom is 0.387 e. The minimum atomic E-state index is -2.84. The zero-order valence-electron chi connectivity index (χ0n) is 16.5. The van der Waals surface area contributed by atoms with Crippen molar-refractivity contribution in [2.24, 2.45) is 0 Å². The monoisotopic (exact) mass is 405 g/mol. The fraction of sp³-hybridized carbons (Fsp3) is 0.318. The fourth-order valence-electron chi connectivity index (χ4n) is 2.57. The van der Waals surface area contributed by atoms with Gasteiger partial charge in [0.25, 0.3) is 0 Å². The number of amides is 1. The molecule has 0 saturated heterocycles. The van der Waals surface area contributed by atoms with Crippen LogP contribution in [0.1, 0.15) is 25.0 Å². The summed E-state index contributed by atoms with van der Waals surface area (Å²) < 4.78 is 39.7. The van der Waals surface area contributed by atoms with E-state index < -0.39 is 6.61 Å². The van der Waals surface area contributed by atoms with Crippen LogP contribution >= 0.6 is 0 Å². The van der Waals surface area contributed by atoms with Gasteiger partial charge in [-0.25, -0.2) is 0 Å². The number of alkyl halides is 2. The van der Waals surface area contributed by atoms with E-state index in [1.54, 1.807) is 18.2 Å². The van der Waals surface area contributed by atoms with Crippen molar-refractivity contribution in [3.05, 3.63) is 59.7 Å². The normalized spacial score (nSPS) is 10.9. The second kappa shape index (κ2) is 11.7. The van der Waals surface area contributed by atoms with Gasteiger partial charge in [0.2, 0.25) is 5.91 Å². The Morgan fingerprint density at radius 3 is 2.38 bits per heavy atom. The van der Waals surface area contributed by atoms with Crippen molar-refractivity contribution >= 4 is 12.0 Å². The Bertz CT molecular complexity index is 807. The van der Waals surface area contributed by atoms with Gasteiger partial charge < -0.3 is 19.5 Å². The van der Waals surface area contributed by atoms with Gasteiger partial charge in [-0.1, -0.05) is 18.2 Å². The lowest BCUT2D eigenvalue weighted by molar-refractivity contribution is -0.116. The van der Waals surface area contributed by atoms with Crippen molar-refractivity contribution in [3.8, 4) is 17.2 Å². The fourth-order valence-corrected chi connectivity index (χ4v) is 2.57. The summed E-state index contributed by atoms with van der Waals surface area (Å²) in [6, 6.07) is 11.8. The summed E-state index contributed by atoms with van der Waals surface area (Å²) in [5.41, 5.74) is 1.73. The molecule has 1 N–H and O–H groups in total. The van der Waals surface area contributed by atoms with Gasteiger partial charge in [-0.15, -0.1) is 0 Å². The topological polar surface area (TPSA) is 56.8 Å². The second-order valence-corrected chi connectivity index (χ2v) is 5.97. The summed E-state index contributed by atoms with van der Waals surface area (Å²) in [7, 11) is 0. The molecule has 0 fully saturated rings. The average molecular weight is 405 g/mol. The Morgan fingerprint density at radius 2 is 1.72 bits per heavy atom. The van der Waals surface area contributed by atoms with Gasteiger partial charge >= 0.3 is 6.61 Å². The van der Waals surface area contributed by atoms with Crippen molar-refractivity contribution in [1.82, 2.24) is 5.32 Å². The van der Waals surface area contributed by atoms with Gasteiger partial charge in [0.05, 0.1) is 13.2 Å². The summed E-state index contributed by atoms with van der Waals surface area (Å²) in [6.45, 7) is 2.44. The number of nitrogens with one attached hydrogen (secondary N) is 1. The van der Waals surface area contributed by atoms with Crippen LogP contribution < -0.4 is 19.5 Å². The molecule has 29 heavy (non-hydrogen) atoms.